The summed E-state index contributed by atoms with van der Waals surface area (Å²) in [6.07, 6.45) is 3.22. The highest BCUT2D eigenvalue weighted by molar-refractivity contribution is 5.79. The highest BCUT2D eigenvalue weighted by Crippen LogP contribution is 2.29. The molecule has 0 atom stereocenters. The fourth-order valence-electron chi connectivity index (χ4n) is 2.92. The molecular formula is C15H22N2O4. The first-order chi connectivity index (χ1) is 9.99. The number of carboxylic acid groups (broad SMARTS) is 1. The molecule has 1 aromatic heterocycles. The van der Waals surface area contributed by atoms with E-state index >= 15 is 0 Å². The molecule has 0 aliphatic heterocycles. The zero-order valence-corrected chi connectivity index (χ0v) is 12.5. The van der Waals surface area contributed by atoms with Gasteiger partial charge < -0.3 is 14.9 Å². The van der Waals surface area contributed by atoms with Crippen LogP contribution in [-0.4, -0.2) is 28.7 Å². The van der Waals surface area contributed by atoms with Crippen LogP contribution >= 0.6 is 0 Å². The molecule has 0 aromatic carbocycles. The Morgan fingerprint density at radius 1 is 1.24 bits per heavy atom. The normalized spacial score (nSPS) is 22.0. The summed E-state index contributed by atoms with van der Waals surface area (Å²) in [7, 11) is 0. The Hall–Kier alpha value is -1.85. The predicted octanol–water partition coefficient (Wildman–Crippen LogP) is 1.84. The maximum atomic E-state index is 12.1. The molecule has 1 fully saturated rings. The van der Waals surface area contributed by atoms with Gasteiger partial charge in [-0.2, -0.15) is 0 Å². The van der Waals surface area contributed by atoms with Crippen LogP contribution in [0.25, 0.3) is 0 Å². The fraction of sp³-hybridized carbons (Fsp3) is 0.667. The summed E-state index contributed by atoms with van der Waals surface area (Å²) in [5.74, 6) is -0.247. The average Bonchev–Trinajstić information content (AvgIpc) is 2.79. The summed E-state index contributed by atoms with van der Waals surface area (Å²) in [5, 5.41) is 15.8. The number of aromatic nitrogens is 1. The monoisotopic (exact) mass is 294 g/mol. The van der Waals surface area contributed by atoms with Crippen molar-refractivity contribution in [1.82, 2.24) is 10.5 Å². The highest BCUT2D eigenvalue weighted by Gasteiger charge is 2.29. The summed E-state index contributed by atoms with van der Waals surface area (Å²) >= 11 is 0. The molecular weight excluding hydrogens is 272 g/mol. The van der Waals surface area contributed by atoms with Gasteiger partial charge in [-0.1, -0.05) is 5.16 Å². The Kier molecular flexibility index (Phi) is 4.98. The molecule has 2 rings (SSSR count). The number of amides is 1. The van der Waals surface area contributed by atoms with Gasteiger partial charge in [-0.25, -0.2) is 0 Å². The molecule has 2 N–H and O–H groups in total. The Labute approximate surface area is 123 Å². The molecule has 1 aliphatic rings. The van der Waals surface area contributed by atoms with Crippen molar-refractivity contribution < 1.29 is 19.2 Å². The molecule has 1 aromatic rings. The van der Waals surface area contributed by atoms with Crippen molar-refractivity contribution in [1.29, 1.82) is 0 Å². The first kappa shape index (κ1) is 15.5. The number of aliphatic carboxylic acids is 1. The quantitative estimate of drug-likeness (QED) is 0.864. The topological polar surface area (TPSA) is 92.4 Å². The van der Waals surface area contributed by atoms with Crippen molar-refractivity contribution in [3.05, 3.63) is 17.0 Å². The van der Waals surface area contributed by atoms with Gasteiger partial charge >= 0.3 is 5.97 Å². The van der Waals surface area contributed by atoms with Gasteiger partial charge in [0.25, 0.3) is 0 Å². The number of aryl methyl sites for hydroxylation is 2. The van der Waals surface area contributed by atoms with E-state index in [-0.39, 0.29) is 17.7 Å². The number of rotatable bonds is 5. The van der Waals surface area contributed by atoms with Crippen LogP contribution < -0.4 is 5.32 Å². The van der Waals surface area contributed by atoms with Crippen molar-refractivity contribution in [3.63, 3.8) is 0 Å². The molecule has 1 aliphatic carbocycles. The van der Waals surface area contributed by atoms with Gasteiger partial charge in [-0.3, -0.25) is 9.59 Å². The summed E-state index contributed by atoms with van der Waals surface area (Å²) < 4.78 is 5.09. The van der Waals surface area contributed by atoms with Crippen molar-refractivity contribution in [2.45, 2.75) is 46.0 Å². The van der Waals surface area contributed by atoms with Crippen LogP contribution in [0.5, 0.6) is 0 Å². The molecule has 0 bridgehead atoms. The van der Waals surface area contributed by atoms with Crippen molar-refractivity contribution in [2.75, 3.05) is 6.54 Å². The van der Waals surface area contributed by atoms with E-state index in [2.05, 4.69) is 10.5 Å². The number of carboxylic acids is 1. The fourth-order valence-corrected chi connectivity index (χ4v) is 2.92. The van der Waals surface area contributed by atoms with Gasteiger partial charge in [0.2, 0.25) is 5.91 Å². The predicted molar refractivity (Wildman–Crippen MR) is 75.8 cm³/mol. The van der Waals surface area contributed by atoms with Crippen LogP contribution in [0.2, 0.25) is 0 Å². The third kappa shape index (κ3) is 3.83. The molecule has 1 amide bonds. The van der Waals surface area contributed by atoms with Crippen LogP contribution in [0.1, 0.15) is 42.7 Å². The lowest BCUT2D eigenvalue weighted by atomic mass is 9.81. The zero-order chi connectivity index (χ0) is 15.4. The van der Waals surface area contributed by atoms with Gasteiger partial charge in [0.05, 0.1) is 11.6 Å². The lowest BCUT2D eigenvalue weighted by Crippen LogP contribution is -2.35. The van der Waals surface area contributed by atoms with Gasteiger partial charge in [0.15, 0.2) is 0 Å². The zero-order valence-electron chi connectivity index (χ0n) is 12.5. The minimum Gasteiger partial charge on any atom is -0.481 e. The maximum absolute atomic E-state index is 12.1. The standard InChI is InChI=1S/C15H22N2O4/c1-9-13(10(2)21-17-9)7-8-16-14(18)11-3-5-12(6-4-11)15(19)20/h11-12H,3-8H2,1-2H3,(H,16,18)(H,19,20). The van der Waals surface area contributed by atoms with Crippen molar-refractivity contribution in [3.8, 4) is 0 Å². The summed E-state index contributed by atoms with van der Waals surface area (Å²) in [6, 6.07) is 0. The van der Waals surface area contributed by atoms with E-state index in [0.29, 0.717) is 38.6 Å². The van der Waals surface area contributed by atoms with Crippen LogP contribution in [0.4, 0.5) is 0 Å². The highest BCUT2D eigenvalue weighted by atomic mass is 16.5. The molecule has 0 spiro atoms. The van der Waals surface area contributed by atoms with Crippen LogP contribution in [0, 0.1) is 25.7 Å². The summed E-state index contributed by atoms with van der Waals surface area (Å²) in [6.45, 7) is 4.31. The second kappa shape index (κ2) is 6.74. The molecule has 0 radical (unpaired) electrons. The minimum absolute atomic E-state index is 0.0330. The smallest absolute Gasteiger partial charge is 0.306 e. The van der Waals surface area contributed by atoms with Crippen LogP contribution in [0.3, 0.4) is 0 Å². The Morgan fingerprint density at radius 3 is 2.38 bits per heavy atom. The first-order valence-electron chi connectivity index (χ1n) is 7.41. The van der Waals surface area contributed by atoms with E-state index in [1.165, 1.54) is 0 Å². The maximum Gasteiger partial charge on any atom is 0.306 e. The Bertz CT molecular complexity index is 496. The molecule has 6 heteroatoms. The minimum atomic E-state index is -0.743. The third-order valence-corrected chi connectivity index (χ3v) is 4.30. The van der Waals surface area contributed by atoms with Gasteiger partial charge in [-0.15, -0.1) is 0 Å². The van der Waals surface area contributed by atoms with E-state index in [4.69, 9.17) is 9.63 Å². The van der Waals surface area contributed by atoms with E-state index in [9.17, 15) is 9.59 Å². The molecule has 6 nitrogen and oxygen atoms in total. The molecule has 1 saturated carbocycles. The number of carbonyl (C=O) groups excluding carboxylic acids is 1. The van der Waals surface area contributed by atoms with Gasteiger partial charge in [-0.05, 0) is 46.0 Å². The Morgan fingerprint density at radius 2 is 1.86 bits per heavy atom. The van der Waals surface area contributed by atoms with E-state index in [1.54, 1.807) is 0 Å². The van der Waals surface area contributed by atoms with Gasteiger partial charge in [0.1, 0.15) is 5.76 Å². The number of carbonyl (C=O) groups is 2. The second-order valence-corrected chi connectivity index (χ2v) is 5.73. The second-order valence-electron chi connectivity index (χ2n) is 5.73. The number of hydrogen-bond donors (Lipinski definition) is 2. The van der Waals surface area contributed by atoms with Gasteiger partial charge in [0, 0.05) is 18.0 Å². The van der Waals surface area contributed by atoms with E-state index in [0.717, 1.165) is 17.0 Å². The lowest BCUT2D eigenvalue weighted by molar-refractivity contribution is -0.144. The lowest BCUT2D eigenvalue weighted by Gasteiger charge is -2.25. The Balaban J connectivity index is 1.74. The van der Waals surface area contributed by atoms with Crippen molar-refractivity contribution >= 4 is 11.9 Å². The first-order valence-corrected chi connectivity index (χ1v) is 7.41. The molecule has 21 heavy (non-hydrogen) atoms. The number of nitrogens with zero attached hydrogens (tertiary/aromatic N) is 1. The number of nitrogens with one attached hydrogen (secondary N) is 1. The molecule has 116 valence electrons. The van der Waals surface area contributed by atoms with Crippen LogP contribution in [-0.2, 0) is 16.0 Å². The number of hydrogen-bond acceptors (Lipinski definition) is 4. The molecule has 0 unspecified atom stereocenters. The van der Waals surface area contributed by atoms with E-state index in [1.807, 2.05) is 13.8 Å². The molecule has 1 heterocycles. The van der Waals surface area contributed by atoms with E-state index < -0.39 is 5.97 Å². The van der Waals surface area contributed by atoms with Crippen LogP contribution in [0.15, 0.2) is 4.52 Å². The average molecular weight is 294 g/mol. The molecule has 0 saturated heterocycles. The summed E-state index contributed by atoms with van der Waals surface area (Å²) in [4.78, 5) is 23.0. The SMILES string of the molecule is Cc1noc(C)c1CCNC(=O)C1CCC(C(=O)O)CC1. The largest absolute Gasteiger partial charge is 0.481 e. The third-order valence-electron chi connectivity index (χ3n) is 4.30. The van der Waals surface area contributed by atoms with Crippen molar-refractivity contribution in [2.24, 2.45) is 11.8 Å². The summed E-state index contributed by atoms with van der Waals surface area (Å²) in [5.41, 5.74) is 1.91.